The predicted octanol–water partition coefficient (Wildman–Crippen LogP) is 2.51. The fourth-order valence-electron chi connectivity index (χ4n) is 2.02. The number of carboxylic acids is 1. The van der Waals surface area contributed by atoms with Gasteiger partial charge >= 0.3 is 5.97 Å². The molecule has 3 heteroatoms. The van der Waals surface area contributed by atoms with E-state index in [-0.39, 0.29) is 6.42 Å². The fraction of sp³-hybridized carbons (Fsp3) is 0.188. The van der Waals surface area contributed by atoms with Crippen LogP contribution in [-0.4, -0.2) is 16.2 Å². The van der Waals surface area contributed by atoms with E-state index in [2.05, 4.69) is 0 Å². The maximum Gasteiger partial charge on any atom is 0.340 e. The average molecular weight is 256 g/mol. The van der Waals surface area contributed by atoms with E-state index in [4.69, 9.17) is 0 Å². The molecule has 0 amide bonds. The van der Waals surface area contributed by atoms with Gasteiger partial charge in [0.25, 0.3) is 0 Å². The first kappa shape index (κ1) is 13.3. The maximum absolute atomic E-state index is 11.4. The standard InChI is InChI=1S/C16H16O3/c1-12-7-9-13(10-8-12)11-16(19,15(17)18)14-5-3-2-4-6-14/h2-10,19H,11H2,1H3,(H,17,18). The van der Waals surface area contributed by atoms with Gasteiger partial charge in [0.15, 0.2) is 5.60 Å². The van der Waals surface area contributed by atoms with Gasteiger partial charge in [-0.1, -0.05) is 60.2 Å². The molecule has 0 saturated heterocycles. The molecular formula is C16H16O3. The van der Waals surface area contributed by atoms with Crippen molar-refractivity contribution in [2.45, 2.75) is 18.9 Å². The zero-order valence-corrected chi connectivity index (χ0v) is 10.7. The van der Waals surface area contributed by atoms with Crippen molar-refractivity contribution in [3.63, 3.8) is 0 Å². The zero-order valence-electron chi connectivity index (χ0n) is 10.7. The molecule has 98 valence electrons. The van der Waals surface area contributed by atoms with Crippen LogP contribution in [-0.2, 0) is 16.8 Å². The Balaban J connectivity index is 2.36. The van der Waals surface area contributed by atoms with Gasteiger partial charge in [0.1, 0.15) is 0 Å². The smallest absolute Gasteiger partial charge is 0.340 e. The van der Waals surface area contributed by atoms with Crippen molar-refractivity contribution in [2.24, 2.45) is 0 Å². The number of benzene rings is 2. The monoisotopic (exact) mass is 256 g/mol. The molecule has 0 aliphatic carbocycles. The van der Waals surface area contributed by atoms with Crippen LogP contribution in [0.1, 0.15) is 16.7 Å². The molecule has 0 bridgehead atoms. The number of rotatable bonds is 4. The number of aryl methyl sites for hydroxylation is 1. The van der Waals surface area contributed by atoms with Crippen LogP contribution in [0.4, 0.5) is 0 Å². The van der Waals surface area contributed by atoms with Gasteiger partial charge in [-0.3, -0.25) is 0 Å². The summed E-state index contributed by atoms with van der Waals surface area (Å²) in [6, 6.07) is 16.0. The van der Waals surface area contributed by atoms with Gasteiger partial charge < -0.3 is 10.2 Å². The first-order valence-electron chi connectivity index (χ1n) is 6.09. The van der Waals surface area contributed by atoms with Gasteiger partial charge in [-0.05, 0) is 18.1 Å². The van der Waals surface area contributed by atoms with E-state index in [9.17, 15) is 15.0 Å². The van der Waals surface area contributed by atoms with Crippen molar-refractivity contribution < 1.29 is 15.0 Å². The van der Waals surface area contributed by atoms with Crippen molar-refractivity contribution >= 4 is 5.97 Å². The molecule has 0 fully saturated rings. The first-order valence-corrected chi connectivity index (χ1v) is 6.09. The summed E-state index contributed by atoms with van der Waals surface area (Å²) in [6.45, 7) is 1.96. The second-order valence-electron chi connectivity index (χ2n) is 4.69. The number of aliphatic hydroxyl groups is 1. The van der Waals surface area contributed by atoms with Crippen molar-refractivity contribution in [3.05, 3.63) is 71.3 Å². The highest BCUT2D eigenvalue weighted by molar-refractivity contribution is 5.79. The Labute approximate surface area is 112 Å². The number of carboxylic acid groups (broad SMARTS) is 1. The molecule has 2 rings (SSSR count). The normalized spacial score (nSPS) is 13.8. The van der Waals surface area contributed by atoms with Gasteiger partial charge in [0.05, 0.1) is 0 Å². The molecule has 2 aromatic carbocycles. The third kappa shape index (κ3) is 2.83. The molecule has 0 saturated carbocycles. The molecular weight excluding hydrogens is 240 g/mol. The summed E-state index contributed by atoms with van der Waals surface area (Å²) in [4.78, 5) is 11.4. The maximum atomic E-state index is 11.4. The van der Waals surface area contributed by atoms with E-state index in [1.54, 1.807) is 30.3 Å². The van der Waals surface area contributed by atoms with E-state index in [0.29, 0.717) is 5.56 Å². The molecule has 3 nitrogen and oxygen atoms in total. The molecule has 0 spiro atoms. The topological polar surface area (TPSA) is 57.5 Å². The van der Waals surface area contributed by atoms with Gasteiger partial charge in [-0.15, -0.1) is 0 Å². The van der Waals surface area contributed by atoms with Crippen LogP contribution < -0.4 is 0 Å². The molecule has 0 heterocycles. The molecule has 19 heavy (non-hydrogen) atoms. The Bertz CT molecular complexity index is 560. The molecule has 0 aliphatic rings. The molecule has 1 atom stereocenters. The molecule has 0 aliphatic heterocycles. The number of aliphatic carboxylic acids is 1. The van der Waals surface area contributed by atoms with Crippen molar-refractivity contribution in [1.82, 2.24) is 0 Å². The lowest BCUT2D eigenvalue weighted by atomic mass is 9.87. The minimum Gasteiger partial charge on any atom is -0.479 e. The van der Waals surface area contributed by atoms with Crippen LogP contribution in [0.3, 0.4) is 0 Å². The number of hydrogen-bond donors (Lipinski definition) is 2. The summed E-state index contributed by atoms with van der Waals surface area (Å²) in [5.41, 5.74) is 0.390. The average Bonchev–Trinajstić information content (AvgIpc) is 2.42. The van der Waals surface area contributed by atoms with E-state index in [1.807, 2.05) is 31.2 Å². The Kier molecular flexibility index (Phi) is 3.67. The van der Waals surface area contributed by atoms with Gasteiger partial charge in [0.2, 0.25) is 0 Å². The van der Waals surface area contributed by atoms with Crippen molar-refractivity contribution in [3.8, 4) is 0 Å². The van der Waals surface area contributed by atoms with E-state index in [0.717, 1.165) is 11.1 Å². The summed E-state index contributed by atoms with van der Waals surface area (Å²) in [6.07, 6.45) is 0.0482. The van der Waals surface area contributed by atoms with Crippen LogP contribution in [0.15, 0.2) is 54.6 Å². The highest BCUT2D eigenvalue weighted by atomic mass is 16.4. The summed E-state index contributed by atoms with van der Waals surface area (Å²) < 4.78 is 0. The molecule has 0 aromatic heterocycles. The SMILES string of the molecule is Cc1ccc(CC(O)(C(=O)O)c2ccccc2)cc1. The Morgan fingerprint density at radius 3 is 2.16 bits per heavy atom. The van der Waals surface area contributed by atoms with Gasteiger partial charge in [-0.2, -0.15) is 0 Å². The summed E-state index contributed by atoms with van der Waals surface area (Å²) in [5.74, 6) is -1.24. The number of hydrogen-bond acceptors (Lipinski definition) is 2. The molecule has 2 N–H and O–H groups in total. The van der Waals surface area contributed by atoms with E-state index >= 15 is 0 Å². The van der Waals surface area contributed by atoms with Crippen LogP contribution in [0, 0.1) is 6.92 Å². The third-order valence-electron chi connectivity index (χ3n) is 3.19. The second kappa shape index (κ2) is 5.24. The lowest BCUT2D eigenvalue weighted by Gasteiger charge is -2.24. The lowest BCUT2D eigenvalue weighted by Crippen LogP contribution is -2.37. The van der Waals surface area contributed by atoms with Gasteiger partial charge in [-0.25, -0.2) is 4.79 Å². The first-order chi connectivity index (χ1) is 9.02. The third-order valence-corrected chi connectivity index (χ3v) is 3.19. The highest BCUT2D eigenvalue weighted by Gasteiger charge is 2.37. The summed E-state index contributed by atoms with van der Waals surface area (Å²) in [7, 11) is 0. The number of carbonyl (C=O) groups is 1. The van der Waals surface area contributed by atoms with Crippen molar-refractivity contribution in [2.75, 3.05) is 0 Å². The Hall–Kier alpha value is -2.13. The van der Waals surface area contributed by atoms with Gasteiger partial charge in [0, 0.05) is 6.42 Å². The molecule has 0 radical (unpaired) electrons. The predicted molar refractivity (Wildman–Crippen MR) is 72.9 cm³/mol. The zero-order chi connectivity index (χ0) is 13.9. The lowest BCUT2D eigenvalue weighted by molar-refractivity contribution is -0.159. The van der Waals surface area contributed by atoms with Crippen molar-refractivity contribution in [1.29, 1.82) is 0 Å². The Morgan fingerprint density at radius 2 is 1.63 bits per heavy atom. The largest absolute Gasteiger partial charge is 0.479 e. The minimum atomic E-state index is -1.89. The molecule has 2 aromatic rings. The highest BCUT2D eigenvalue weighted by Crippen LogP contribution is 2.26. The Morgan fingerprint density at radius 1 is 1.05 bits per heavy atom. The quantitative estimate of drug-likeness (QED) is 0.883. The van der Waals surface area contributed by atoms with Crippen LogP contribution in [0.5, 0.6) is 0 Å². The van der Waals surface area contributed by atoms with Crippen LogP contribution >= 0.6 is 0 Å². The van der Waals surface area contributed by atoms with E-state index in [1.165, 1.54) is 0 Å². The van der Waals surface area contributed by atoms with E-state index < -0.39 is 11.6 Å². The molecule has 1 unspecified atom stereocenters. The second-order valence-corrected chi connectivity index (χ2v) is 4.69. The fourth-order valence-corrected chi connectivity index (χ4v) is 2.02. The van der Waals surface area contributed by atoms with Crippen LogP contribution in [0.2, 0.25) is 0 Å². The summed E-state index contributed by atoms with van der Waals surface area (Å²) in [5, 5.41) is 19.8. The minimum absolute atomic E-state index is 0.0482. The summed E-state index contributed by atoms with van der Waals surface area (Å²) >= 11 is 0. The van der Waals surface area contributed by atoms with Crippen LogP contribution in [0.25, 0.3) is 0 Å².